The molecule has 12 heteroatoms. The van der Waals surface area contributed by atoms with Crippen molar-refractivity contribution >= 4 is 17.5 Å². The van der Waals surface area contributed by atoms with Gasteiger partial charge in [-0.15, -0.1) is 13.2 Å². The van der Waals surface area contributed by atoms with Crippen LogP contribution in [0.2, 0.25) is 5.02 Å². The summed E-state index contributed by atoms with van der Waals surface area (Å²) in [6, 6.07) is 5.79. The van der Waals surface area contributed by atoms with Crippen LogP contribution in [-0.2, 0) is 22.0 Å². The van der Waals surface area contributed by atoms with Crippen LogP contribution in [0, 0.1) is 5.82 Å². The van der Waals surface area contributed by atoms with Crippen LogP contribution in [0.25, 0.3) is 0 Å². The first kappa shape index (κ1) is 23.2. The third kappa shape index (κ3) is 4.43. The number of carbonyl (C=O) groups excluding carboxylic acids is 1. The number of benzene rings is 1. The SMILES string of the molecule is Cn1nc(C23CC(NC(=O)COc4ccc(Cl)c(F)c4)(C2)C3)cc1O[C@H]1C[C@@H](OC(F)(F)F)C1. The quantitative estimate of drug-likeness (QED) is 0.551. The first-order valence-corrected chi connectivity index (χ1v) is 11.2. The normalized spacial score (nSPS) is 29.5. The van der Waals surface area contributed by atoms with E-state index in [0.717, 1.165) is 31.0 Å². The zero-order valence-electron chi connectivity index (χ0n) is 18.1. The maximum atomic E-state index is 13.5. The van der Waals surface area contributed by atoms with Crippen molar-refractivity contribution in [3.05, 3.63) is 40.8 Å². The lowest BCUT2D eigenvalue weighted by Crippen LogP contribution is -2.77. The predicted octanol–water partition coefficient (Wildman–Crippen LogP) is 4.03. The Hall–Kier alpha value is -2.53. The van der Waals surface area contributed by atoms with Gasteiger partial charge >= 0.3 is 6.36 Å². The molecule has 0 unspecified atom stereocenters. The van der Waals surface area contributed by atoms with Crippen LogP contribution >= 0.6 is 11.6 Å². The van der Waals surface area contributed by atoms with Crippen LogP contribution in [0.3, 0.4) is 0 Å². The molecule has 7 nitrogen and oxygen atoms in total. The van der Waals surface area contributed by atoms with Gasteiger partial charge in [-0.3, -0.25) is 9.53 Å². The summed E-state index contributed by atoms with van der Waals surface area (Å²) in [6.07, 6.45) is -3.33. The van der Waals surface area contributed by atoms with Gasteiger partial charge in [-0.25, -0.2) is 9.07 Å². The molecule has 184 valence electrons. The second kappa shape index (κ2) is 8.01. The van der Waals surface area contributed by atoms with Gasteiger partial charge in [0.25, 0.3) is 5.91 Å². The summed E-state index contributed by atoms with van der Waals surface area (Å²) >= 11 is 5.63. The van der Waals surface area contributed by atoms with Gasteiger partial charge in [-0.05, 0) is 31.4 Å². The van der Waals surface area contributed by atoms with Crippen molar-refractivity contribution in [3.63, 3.8) is 0 Å². The van der Waals surface area contributed by atoms with E-state index in [1.807, 2.05) is 6.07 Å². The third-order valence-corrected chi connectivity index (χ3v) is 7.02. The number of carbonyl (C=O) groups is 1. The van der Waals surface area contributed by atoms with Crippen LogP contribution < -0.4 is 14.8 Å². The molecular formula is C22H22ClF4N3O4. The van der Waals surface area contributed by atoms with Crippen molar-refractivity contribution in [1.29, 1.82) is 0 Å². The summed E-state index contributed by atoms with van der Waals surface area (Å²) in [5, 5.41) is 7.50. The van der Waals surface area contributed by atoms with E-state index in [4.69, 9.17) is 21.1 Å². The number of nitrogens with zero attached hydrogens (tertiary/aromatic N) is 2. The van der Waals surface area contributed by atoms with Crippen molar-refractivity contribution in [1.82, 2.24) is 15.1 Å². The Kier molecular flexibility index (Phi) is 5.47. The molecule has 1 N–H and O–H groups in total. The Bertz CT molecular complexity index is 1100. The zero-order chi connectivity index (χ0) is 24.3. The highest BCUT2D eigenvalue weighted by molar-refractivity contribution is 6.30. The van der Waals surface area contributed by atoms with Gasteiger partial charge < -0.3 is 14.8 Å². The Balaban J connectivity index is 1.09. The fourth-order valence-electron chi connectivity index (χ4n) is 5.13. The van der Waals surface area contributed by atoms with Crippen LogP contribution in [0.15, 0.2) is 24.3 Å². The van der Waals surface area contributed by atoms with Crippen LogP contribution in [0.4, 0.5) is 17.6 Å². The van der Waals surface area contributed by atoms with Crippen molar-refractivity contribution in [2.75, 3.05) is 6.61 Å². The second-order valence-corrected chi connectivity index (χ2v) is 9.80. The molecule has 0 spiro atoms. The van der Waals surface area contributed by atoms with Crippen LogP contribution in [-0.4, -0.2) is 46.4 Å². The van der Waals surface area contributed by atoms with Gasteiger partial charge in [0.2, 0.25) is 5.88 Å². The minimum atomic E-state index is -4.63. The molecule has 0 aliphatic heterocycles. The summed E-state index contributed by atoms with van der Waals surface area (Å²) in [5.74, 6) is -0.201. The Morgan fingerprint density at radius 3 is 2.59 bits per heavy atom. The lowest BCUT2D eigenvalue weighted by molar-refractivity contribution is -0.355. The lowest BCUT2D eigenvalue weighted by Gasteiger charge is -2.69. The van der Waals surface area contributed by atoms with Crippen LogP contribution in [0.5, 0.6) is 11.6 Å². The molecule has 2 bridgehead atoms. The topological polar surface area (TPSA) is 74.6 Å². The summed E-state index contributed by atoms with van der Waals surface area (Å²) in [5.41, 5.74) is 0.394. The smallest absolute Gasteiger partial charge is 0.484 e. The molecule has 1 heterocycles. The molecule has 4 aliphatic rings. The van der Waals surface area contributed by atoms with Crippen LogP contribution in [0.1, 0.15) is 37.8 Å². The molecule has 2 aromatic rings. The number of rotatable bonds is 8. The van der Waals surface area contributed by atoms with Crippen molar-refractivity contribution < 1.29 is 36.6 Å². The van der Waals surface area contributed by atoms with Crippen molar-refractivity contribution in [2.45, 2.75) is 61.6 Å². The number of aromatic nitrogens is 2. The fourth-order valence-corrected chi connectivity index (χ4v) is 5.25. The molecule has 6 rings (SSSR count). The number of hydrogen-bond donors (Lipinski definition) is 1. The average molecular weight is 504 g/mol. The van der Waals surface area contributed by atoms with E-state index in [0.29, 0.717) is 5.88 Å². The van der Waals surface area contributed by atoms with Gasteiger partial charge in [-0.2, -0.15) is 5.10 Å². The van der Waals surface area contributed by atoms with Crippen molar-refractivity contribution in [3.8, 4) is 11.6 Å². The first-order chi connectivity index (χ1) is 15.9. The second-order valence-electron chi connectivity index (χ2n) is 9.39. The van der Waals surface area contributed by atoms with Gasteiger partial charge in [0, 0.05) is 43.0 Å². The molecule has 0 radical (unpaired) electrons. The summed E-state index contributed by atoms with van der Waals surface area (Å²) in [6.45, 7) is -0.238. The molecule has 0 atom stereocenters. The molecule has 1 aromatic carbocycles. The van der Waals surface area contributed by atoms with E-state index in [2.05, 4.69) is 15.2 Å². The minimum absolute atomic E-state index is 0.0219. The van der Waals surface area contributed by atoms with Crippen molar-refractivity contribution in [2.24, 2.45) is 7.05 Å². The third-order valence-electron chi connectivity index (χ3n) is 6.72. The highest BCUT2D eigenvalue weighted by Gasteiger charge is 2.70. The van der Waals surface area contributed by atoms with E-state index >= 15 is 0 Å². The summed E-state index contributed by atoms with van der Waals surface area (Å²) < 4.78 is 67.0. The number of nitrogens with one attached hydrogen (secondary N) is 1. The number of hydrogen-bond acceptors (Lipinski definition) is 5. The number of aryl methyl sites for hydroxylation is 1. The van der Waals surface area contributed by atoms with E-state index in [1.54, 1.807) is 11.7 Å². The standard InChI is InChI=1S/C22H22ClF4N3O4/c1-30-19(33-13-4-14(5-13)34-22(25,26)27)7-17(29-30)20-9-21(10-20,11-20)28-18(31)8-32-12-2-3-15(23)16(24)6-12/h2-3,6-7,13-14H,4-5,8-11H2,1H3,(H,28,31)/t13-,14+,20?,21?. The molecule has 4 aliphatic carbocycles. The monoisotopic (exact) mass is 503 g/mol. The summed E-state index contributed by atoms with van der Waals surface area (Å²) in [7, 11) is 1.72. The lowest BCUT2D eigenvalue weighted by atomic mass is 9.38. The van der Waals surface area contributed by atoms with Gasteiger partial charge in [0.1, 0.15) is 17.7 Å². The number of alkyl halides is 3. The Morgan fingerprint density at radius 2 is 1.94 bits per heavy atom. The predicted molar refractivity (Wildman–Crippen MR) is 111 cm³/mol. The van der Waals surface area contributed by atoms with E-state index in [1.165, 1.54) is 12.1 Å². The van der Waals surface area contributed by atoms with Gasteiger partial charge in [0.05, 0.1) is 16.8 Å². The van der Waals surface area contributed by atoms with E-state index in [9.17, 15) is 22.4 Å². The van der Waals surface area contributed by atoms with E-state index in [-0.39, 0.29) is 53.2 Å². The highest BCUT2D eigenvalue weighted by atomic mass is 35.5. The Labute approximate surface area is 197 Å². The molecule has 4 saturated carbocycles. The molecule has 4 fully saturated rings. The number of amides is 1. The number of ether oxygens (including phenoxy) is 3. The Morgan fingerprint density at radius 1 is 1.24 bits per heavy atom. The molecule has 34 heavy (non-hydrogen) atoms. The number of halogens is 5. The minimum Gasteiger partial charge on any atom is -0.484 e. The first-order valence-electron chi connectivity index (χ1n) is 10.8. The van der Waals surface area contributed by atoms with E-state index < -0.39 is 18.3 Å². The molecule has 0 saturated heterocycles. The molecular weight excluding hydrogens is 482 g/mol. The largest absolute Gasteiger partial charge is 0.522 e. The summed E-state index contributed by atoms with van der Waals surface area (Å²) in [4.78, 5) is 12.3. The zero-order valence-corrected chi connectivity index (χ0v) is 18.9. The molecule has 1 aromatic heterocycles. The van der Waals surface area contributed by atoms with Gasteiger partial charge in [0.15, 0.2) is 6.61 Å². The fraction of sp³-hybridized carbons (Fsp3) is 0.545. The highest BCUT2D eigenvalue weighted by Crippen LogP contribution is 2.67. The maximum absolute atomic E-state index is 13.5. The van der Waals surface area contributed by atoms with Gasteiger partial charge in [-0.1, -0.05) is 11.6 Å². The molecule has 1 amide bonds. The average Bonchev–Trinajstić information content (AvgIpc) is 3.02. The maximum Gasteiger partial charge on any atom is 0.522 e.